The minimum Gasteiger partial charge on any atom is -0.483 e. The van der Waals surface area contributed by atoms with Crippen LogP contribution < -0.4 is 15.7 Å². The normalized spacial score (nSPS) is 12.8. The lowest BCUT2D eigenvalue weighted by Gasteiger charge is -2.13. The van der Waals surface area contributed by atoms with Crippen molar-refractivity contribution in [2.75, 3.05) is 11.9 Å². The lowest BCUT2D eigenvalue weighted by molar-refractivity contribution is -0.118. The number of nitrogens with one attached hydrogen (secondary N) is 1. The highest BCUT2D eigenvalue weighted by Gasteiger charge is 2.22. The van der Waals surface area contributed by atoms with Crippen molar-refractivity contribution in [1.29, 1.82) is 0 Å². The molecule has 0 fully saturated rings. The molecule has 0 atom stereocenters. The van der Waals surface area contributed by atoms with E-state index in [9.17, 15) is 9.59 Å². The second-order valence-electron chi connectivity index (χ2n) is 7.04. The molecule has 0 aliphatic heterocycles. The first-order valence-electron chi connectivity index (χ1n) is 9.10. The van der Waals surface area contributed by atoms with Crippen LogP contribution in [0.1, 0.15) is 28.7 Å². The van der Waals surface area contributed by atoms with Gasteiger partial charge in [-0.1, -0.05) is 12.1 Å². The first-order chi connectivity index (χ1) is 13.0. The number of hydrogen-bond donors (Lipinski definition) is 1. The third-order valence-corrected chi connectivity index (χ3v) is 4.84. The molecular formula is C22H21NO4. The molecule has 0 spiro atoms. The number of hydrogen-bond acceptors (Lipinski definition) is 4. The molecule has 1 heterocycles. The maximum absolute atomic E-state index is 12.3. The monoisotopic (exact) mass is 363 g/mol. The molecular weight excluding hydrogens is 342 g/mol. The number of ether oxygens (including phenoxy) is 1. The van der Waals surface area contributed by atoms with Crippen LogP contribution in [0.25, 0.3) is 11.0 Å². The van der Waals surface area contributed by atoms with Crippen molar-refractivity contribution >= 4 is 22.6 Å². The predicted molar refractivity (Wildman–Crippen MR) is 105 cm³/mol. The maximum Gasteiger partial charge on any atom is 0.339 e. The largest absolute Gasteiger partial charge is 0.483 e. The van der Waals surface area contributed by atoms with Gasteiger partial charge in [-0.15, -0.1) is 0 Å². The van der Waals surface area contributed by atoms with E-state index in [2.05, 4.69) is 5.32 Å². The Morgan fingerprint density at radius 2 is 1.93 bits per heavy atom. The maximum atomic E-state index is 12.3. The quantitative estimate of drug-likeness (QED) is 0.714. The van der Waals surface area contributed by atoms with Crippen molar-refractivity contribution in [1.82, 2.24) is 0 Å². The number of benzene rings is 2. The molecule has 138 valence electrons. The smallest absolute Gasteiger partial charge is 0.339 e. The molecule has 1 N–H and O–H groups in total. The van der Waals surface area contributed by atoms with E-state index in [0.717, 1.165) is 52.6 Å². The van der Waals surface area contributed by atoms with Crippen LogP contribution in [0.15, 0.2) is 45.6 Å². The van der Waals surface area contributed by atoms with E-state index in [1.54, 1.807) is 0 Å². The first kappa shape index (κ1) is 17.3. The molecule has 1 aliphatic rings. The summed E-state index contributed by atoms with van der Waals surface area (Å²) in [6.45, 7) is 3.77. The summed E-state index contributed by atoms with van der Waals surface area (Å²) in [6, 6.07) is 11.3. The number of rotatable bonds is 4. The number of carbonyl (C=O) groups is 1. The Bertz CT molecular complexity index is 1100. The molecule has 5 nitrogen and oxygen atoms in total. The van der Waals surface area contributed by atoms with Crippen LogP contribution in [0, 0.1) is 13.8 Å². The van der Waals surface area contributed by atoms with E-state index < -0.39 is 0 Å². The van der Waals surface area contributed by atoms with Crippen LogP contribution >= 0.6 is 0 Å². The van der Waals surface area contributed by atoms with E-state index in [0.29, 0.717) is 11.3 Å². The zero-order valence-electron chi connectivity index (χ0n) is 15.4. The highest BCUT2D eigenvalue weighted by atomic mass is 16.5. The van der Waals surface area contributed by atoms with Crippen LogP contribution in [0.5, 0.6) is 5.75 Å². The second kappa shape index (κ2) is 6.91. The second-order valence-corrected chi connectivity index (χ2v) is 7.04. The number of amides is 1. The standard InChI is InChI=1S/C22H21NO4/c1-13-5-3-6-15(9-13)23-20(24)12-26-18-10-14(2)11-19-21(18)16-7-4-8-17(16)22(25)27-19/h3,5-6,9-11H,4,7-8,12H2,1-2H3,(H,23,24). The highest BCUT2D eigenvalue weighted by Crippen LogP contribution is 2.35. The molecule has 0 saturated carbocycles. The van der Waals surface area contributed by atoms with E-state index in [1.165, 1.54) is 0 Å². The lowest BCUT2D eigenvalue weighted by atomic mass is 10.0. The predicted octanol–water partition coefficient (Wildman–Crippen LogP) is 3.92. The zero-order valence-corrected chi connectivity index (χ0v) is 15.4. The third-order valence-electron chi connectivity index (χ3n) is 4.84. The molecule has 0 unspecified atom stereocenters. The number of aryl methyl sites for hydroxylation is 3. The molecule has 2 aromatic carbocycles. The van der Waals surface area contributed by atoms with Crippen molar-refractivity contribution in [2.24, 2.45) is 0 Å². The molecule has 0 saturated heterocycles. The molecule has 5 heteroatoms. The first-order valence-corrected chi connectivity index (χ1v) is 9.10. The van der Waals surface area contributed by atoms with Gasteiger partial charge in [-0.2, -0.15) is 0 Å². The van der Waals surface area contributed by atoms with Crippen molar-refractivity contribution in [3.63, 3.8) is 0 Å². The summed E-state index contributed by atoms with van der Waals surface area (Å²) in [5, 5.41) is 3.66. The van der Waals surface area contributed by atoms with Crippen LogP contribution in [-0.4, -0.2) is 12.5 Å². The number of fused-ring (bicyclic) bond motifs is 3. The Balaban J connectivity index is 1.61. The fraction of sp³-hybridized carbons (Fsp3) is 0.273. The molecule has 3 aromatic rings. The molecule has 1 aromatic heterocycles. The SMILES string of the molecule is Cc1cccc(NC(=O)COc2cc(C)cc3oc(=O)c4c(c23)CCC4)c1. The average molecular weight is 363 g/mol. The zero-order chi connectivity index (χ0) is 19.0. The molecule has 4 rings (SSSR count). The minimum absolute atomic E-state index is 0.111. The van der Waals surface area contributed by atoms with Crippen LogP contribution in [0.2, 0.25) is 0 Å². The Morgan fingerprint density at radius 3 is 2.74 bits per heavy atom. The van der Waals surface area contributed by atoms with Gasteiger partial charge in [0.05, 0.1) is 5.39 Å². The lowest BCUT2D eigenvalue weighted by Crippen LogP contribution is -2.20. The molecule has 1 amide bonds. The summed E-state index contributed by atoms with van der Waals surface area (Å²) < 4.78 is 11.4. The Hall–Kier alpha value is -3.08. The van der Waals surface area contributed by atoms with Gasteiger partial charge in [0, 0.05) is 11.3 Å². The van der Waals surface area contributed by atoms with Gasteiger partial charge in [0.15, 0.2) is 6.61 Å². The van der Waals surface area contributed by atoms with Gasteiger partial charge in [-0.05, 0) is 74.1 Å². The molecule has 0 radical (unpaired) electrons. The Labute approximate surface area is 157 Å². The van der Waals surface area contributed by atoms with E-state index >= 15 is 0 Å². The molecule has 0 bridgehead atoms. The van der Waals surface area contributed by atoms with Gasteiger partial charge in [0.2, 0.25) is 0 Å². The number of anilines is 1. The van der Waals surface area contributed by atoms with Gasteiger partial charge in [-0.25, -0.2) is 4.79 Å². The number of carbonyl (C=O) groups excluding carboxylic acids is 1. The van der Waals surface area contributed by atoms with Gasteiger partial charge in [0.25, 0.3) is 5.91 Å². The minimum atomic E-state index is -0.260. The average Bonchev–Trinajstić information content (AvgIpc) is 3.09. The van der Waals surface area contributed by atoms with E-state index in [-0.39, 0.29) is 18.1 Å². The summed E-state index contributed by atoms with van der Waals surface area (Å²) in [5.74, 6) is 0.357. The van der Waals surface area contributed by atoms with Crippen LogP contribution in [0.4, 0.5) is 5.69 Å². The summed E-state index contributed by atoms with van der Waals surface area (Å²) in [6.07, 6.45) is 2.49. The fourth-order valence-corrected chi connectivity index (χ4v) is 3.68. The van der Waals surface area contributed by atoms with Gasteiger partial charge in [-0.3, -0.25) is 4.79 Å². The third kappa shape index (κ3) is 3.45. The summed E-state index contributed by atoms with van der Waals surface area (Å²) >= 11 is 0. The topological polar surface area (TPSA) is 68.5 Å². The van der Waals surface area contributed by atoms with Crippen molar-refractivity contribution in [2.45, 2.75) is 33.1 Å². The van der Waals surface area contributed by atoms with Gasteiger partial charge in [0.1, 0.15) is 11.3 Å². The molecule has 1 aliphatic carbocycles. The highest BCUT2D eigenvalue weighted by molar-refractivity contribution is 5.93. The van der Waals surface area contributed by atoms with Gasteiger partial charge < -0.3 is 14.5 Å². The van der Waals surface area contributed by atoms with Crippen LogP contribution in [-0.2, 0) is 17.6 Å². The Morgan fingerprint density at radius 1 is 1.11 bits per heavy atom. The molecule has 27 heavy (non-hydrogen) atoms. The van der Waals surface area contributed by atoms with E-state index in [4.69, 9.17) is 9.15 Å². The Kier molecular flexibility index (Phi) is 4.44. The van der Waals surface area contributed by atoms with E-state index in [1.807, 2.05) is 50.2 Å². The summed E-state index contributed by atoms with van der Waals surface area (Å²) in [5.41, 5.74) is 4.72. The van der Waals surface area contributed by atoms with Crippen LogP contribution in [0.3, 0.4) is 0 Å². The van der Waals surface area contributed by atoms with Crippen molar-refractivity contribution in [3.8, 4) is 5.75 Å². The van der Waals surface area contributed by atoms with Crippen molar-refractivity contribution < 1.29 is 13.9 Å². The fourth-order valence-electron chi connectivity index (χ4n) is 3.68. The van der Waals surface area contributed by atoms with Crippen molar-refractivity contribution in [3.05, 3.63) is 69.1 Å². The summed E-state index contributed by atoms with van der Waals surface area (Å²) in [4.78, 5) is 24.5. The summed E-state index contributed by atoms with van der Waals surface area (Å²) in [7, 11) is 0. The van der Waals surface area contributed by atoms with Gasteiger partial charge >= 0.3 is 5.63 Å².